The zero-order valence-corrected chi connectivity index (χ0v) is 13.1. The summed E-state index contributed by atoms with van der Waals surface area (Å²) in [7, 11) is 0. The van der Waals surface area contributed by atoms with E-state index in [2.05, 4.69) is 10.3 Å². The first-order valence-electron chi connectivity index (χ1n) is 6.30. The van der Waals surface area contributed by atoms with E-state index in [0.717, 1.165) is 5.56 Å². The fourth-order valence-corrected chi connectivity index (χ4v) is 2.01. The zero-order chi connectivity index (χ0) is 16.1. The van der Waals surface area contributed by atoms with Crippen LogP contribution < -0.4 is 5.32 Å². The maximum absolute atomic E-state index is 11.8. The van der Waals surface area contributed by atoms with Gasteiger partial charge in [0.05, 0.1) is 15.6 Å². The summed E-state index contributed by atoms with van der Waals surface area (Å²) < 4.78 is 4.92. The Kier molecular flexibility index (Phi) is 5.35. The number of rotatable bonds is 4. The Morgan fingerprint density at radius 1 is 1.23 bits per heavy atom. The first-order chi connectivity index (χ1) is 10.5. The van der Waals surface area contributed by atoms with Gasteiger partial charge in [0.1, 0.15) is 0 Å². The van der Waals surface area contributed by atoms with Gasteiger partial charge >= 0.3 is 5.97 Å². The number of aromatic nitrogens is 1. The predicted octanol–water partition coefficient (Wildman–Crippen LogP) is 3.49. The van der Waals surface area contributed by atoms with Crippen LogP contribution in [-0.4, -0.2) is 23.5 Å². The van der Waals surface area contributed by atoms with Crippen molar-refractivity contribution in [3.63, 3.8) is 0 Å². The molecule has 0 atom stereocenters. The minimum Gasteiger partial charge on any atom is -0.452 e. The molecule has 1 aromatic heterocycles. The van der Waals surface area contributed by atoms with E-state index >= 15 is 0 Å². The summed E-state index contributed by atoms with van der Waals surface area (Å²) in [4.78, 5) is 27.4. The van der Waals surface area contributed by atoms with E-state index in [4.69, 9.17) is 27.9 Å². The second-order valence-corrected chi connectivity index (χ2v) is 5.32. The van der Waals surface area contributed by atoms with E-state index in [1.165, 1.54) is 12.3 Å². The average molecular weight is 339 g/mol. The van der Waals surface area contributed by atoms with Gasteiger partial charge in [-0.25, -0.2) is 9.78 Å². The van der Waals surface area contributed by atoms with Gasteiger partial charge < -0.3 is 10.1 Å². The van der Waals surface area contributed by atoms with Crippen LogP contribution in [0.15, 0.2) is 36.5 Å². The summed E-state index contributed by atoms with van der Waals surface area (Å²) in [6, 6.07) is 8.28. The van der Waals surface area contributed by atoms with Crippen molar-refractivity contribution in [1.82, 2.24) is 4.98 Å². The topological polar surface area (TPSA) is 68.3 Å². The number of esters is 1. The summed E-state index contributed by atoms with van der Waals surface area (Å²) >= 11 is 11.6. The van der Waals surface area contributed by atoms with Crippen LogP contribution in [0.2, 0.25) is 10.0 Å². The molecule has 7 heteroatoms. The van der Waals surface area contributed by atoms with Gasteiger partial charge in [-0.05, 0) is 25.1 Å². The molecular weight excluding hydrogens is 327 g/mol. The quantitative estimate of drug-likeness (QED) is 0.866. The molecule has 0 radical (unpaired) electrons. The van der Waals surface area contributed by atoms with Crippen molar-refractivity contribution in [2.75, 3.05) is 11.9 Å². The lowest BCUT2D eigenvalue weighted by atomic mass is 10.1. The number of benzene rings is 1. The predicted molar refractivity (Wildman–Crippen MR) is 84.3 cm³/mol. The lowest BCUT2D eigenvalue weighted by Gasteiger charge is -2.07. The number of ether oxygens (including phenoxy) is 1. The summed E-state index contributed by atoms with van der Waals surface area (Å²) in [5.74, 6) is -0.968. The Morgan fingerprint density at radius 3 is 2.55 bits per heavy atom. The summed E-state index contributed by atoms with van der Waals surface area (Å²) in [6.07, 6.45) is 1.35. The Morgan fingerprint density at radius 2 is 1.91 bits per heavy atom. The van der Waals surface area contributed by atoms with Crippen molar-refractivity contribution in [2.24, 2.45) is 0 Å². The van der Waals surface area contributed by atoms with Crippen LogP contribution in [0.25, 0.3) is 0 Å². The van der Waals surface area contributed by atoms with Crippen LogP contribution in [0.3, 0.4) is 0 Å². The van der Waals surface area contributed by atoms with Gasteiger partial charge in [-0.1, -0.05) is 40.9 Å². The summed E-state index contributed by atoms with van der Waals surface area (Å²) in [5, 5.41) is 2.99. The number of hydrogen-bond donors (Lipinski definition) is 1. The molecule has 1 N–H and O–H groups in total. The second-order valence-electron chi connectivity index (χ2n) is 4.47. The third-order valence-corrected chi connectivity index (χ3v) is 3.18. The molecule has 114 valence electrons. The molecule has 2 aromatic rings. The minimum absolute atomic E-state index is 0.155. The molecule has 0 saturated heterocycles. The normalized spacial score (nSPS) is 10.1. The average Bonchev–Trinajstić information content (AvgIpc) is 2.48. The first kappa shape index (κ1) is 16.3. The van der Waals surface area contributed by atoms with Crippen LogP contribution in [0.5, 0.6) is 0 Å². The number of hydrogen-bond acceptors (Lipinski definition) is 4. The lowest BCUT2D eigenvalue weighted by Crippen LogP contribution is -2.21. The van der Waals surface area contributed by atoms with Gasteiger partial charge in [0, 0.05) is 6.20 Å². The third-order valence-electron chi connectivity index (χ3n) is 2.69. The summed E-state index contributed by atoms with van der Waals surface area (Å²) in [6.45, 7) is 1.47. The minimum atomic E-state index is -0.578. The highest BCUT2D eigenvalue weighted by molar-refractivity contribution is 6.36. The lowest BCUT2D eigenvalue weighted by molar-refractivity contribution is -0.119. The highest BCUT2D eigenvalue weighted by Crippen LogP contribution is 2.22. The maximum atomic E-state index is 11.8. The van der Waals surface area contributed by atoms with Crippen LogP contribution in [0.4, 0.5) is 5.82 Å². The smallest absolute Gasteiger partial charge is 0.338 e. The molecule has 5 nitrogen and oxygen atoms in total. The van der Waals surface area contributed by atoms with Crippen molar-refractivity contribution in [3.05, 3.63) is 57.7 Å². The molecular formula is C15H12Cl2N2O3. The van der Waals surface area contributed by atoms with Gasteiger partial charge in [-0.2, -0.15) is 0 Å². The highest BCUT2D eigenvalue weighted by Gasteiger charge is 2.12. The van der Waals surface area contributed by atoms with Crippen LogP contribution >= 0.6 is 23.2 Å². The molecule has 0 spiro atoms. The fourth-order valence-electron chi connectivity index (χ4n) is 1.58. The second kappa shape index (κ2) is 7.24. The van der Waals surface area contributed by atoms with Gasteiger partial charge in [0.15, 0.2) is 12.4 Å². The van der Waals surface area contributed by atoms with Crippen LogP contribution in [0.1, 0.15) is 15.9 Å². The Balaban J connectivity index is 1.89. The highest BCUT2D eigenvalue weighted by atomic mass is 35.5. The van der Waals surface area contributed by atoms with Crippen molar-refractivity contribution >= 4 is 40.9 Å². The first-order valence-corrected chi connectivity index (χ1v) is 7.06. The number of halogens is 2. The van der Waals surface area contributed by atoms with Gasteiger partial charge in [0.2, 0.25) is 0 Å². The summed E-state index contributed by atoms with van der Waals surface area (Å²) in [5.41, 5.74) is 1.40. The maximum Gasteiger partial charge on any atom is 0.338 e. The monoisotopic (exact) mass is 338 g/mol. The standard InChI is InChI=1S/C15H12Cl2N2O3/c1-9-2-4-10(5-3-9)15(21)22-8-13(20)19-14-12(17)6-11(16)7-18-14/h2-7H,8H2,1H3,(H,18,19,20). The third kappa shape index (κ3) is 4.44. The van der Waals surface area contributed by atoms with Crippen LogP contribution in [0, 0.1) is 6.92 Å². The SMILES string of the molecule is Cc1ccc(C(=O)OCC(=O)Nc2ncc(Cl)cc2Cl)cc1. The van der Waals surface area contributed by atoms with Crippen molar-refractivity contribution in [1.29, 1.82) is 0 Å². The van der Waals surface area contributed by atoms with Gasteiger partial charge in [0.25, 0.3) is 5.91 Å². The molecule has 0 aliphatic rings. The molecule has 0 aliphatic heterocycles. The molecule has 1 heterocycles. The molecule has 1 amide bonds. The van der Waals surface area contributed by atoms with Gasteiger partial charge in [-0.3, -0.25) is 4.79 Å². The van der Waals surface area contributed by atoms with Crippen molar-refractivity contribution in [3.8, 4) is 0 Å². The zero-order valence-electron chi connectivity index (χ0n) is 11.6. The molecule has 1 aromatic carbocycles. The van der Waals surface area contributed by atoms with Gasteiger partial charge in [-0.15, -0.1) is 0 Å². The molecule has 0 fully saturated rings. The number of pyridine rings is 1. The van der Waals surface area contributed by atoms with E-state index in [0.29, 0.717) is 10.6 Å². The largest absolute Gasteiger partial charge is 0.452 e. The number of anilines is 1. The van der Waals surface area contributed by atoms with E-state index in [-0.39, 0.29) is 10.8 Å². The van der Waals surface area contributed by atoms with Crippen molar-refractivity contribution < 1.29 is 14.3 Å². The van der Waals surface area contributed by atoms with E-state index < -0.39 is 18.5 Å². The van der Waals surface area contributed by atoms with Crippen LogP contribution in [-0.2, 0) is 9.53 Å². The Labute approximate surface area is 137 Å². The molecule has 0 unspecified atom stereocenters. The Hall–Kier alpha value is -2.11. The molecule has 22 heavy (non-hydrogen) atoms. The Bertz CT molecular complexity index is 702. The molecule has 2 rings (SSSR count). The molecule has 0 bridgehead atoms. The number of carbonyl (C=O) groups excluding carboxylic acids is 2. The number of aryl methyl sites for hydroxylation is 1. The van der Waals surface area contributed by atoms with E-state index in [9.17, 15) is 9.59 Å². The number of nitrogens with one attached hydrogen (secondary N) is 1. The van der Waals surface area contributed by atoms with E-state index in [1.807, 2.05) is 6.92 Å². The van der Waals surface area contributed by atoms with Crippen molar-refractivity contribution in [2.45, 2.75) is 6.92 Å². The molecule has 0 aliphatic carbocycles. The van der Waals surface area contributed by atoms with E-state index in [1.54, 1.807) is 24.3 Å². The number of nitrogens with zero attached hydrogens (tertiary/aromatic N) is 1. The molecule has 0 saturated carbocycles. The fraction of sp³-hybridized carbons (Fsp3) is 0.133. The number of carbonyl (C=O) groups is 2. The number of amides is 1.